The fourth-order valence-electron chi connectivity index (χ4n) is 2.66. The van der Waals surface area contributed by atoms with Gasteiger partial charge in [-0.2, -0.15) is 0 Å². The van der Waals surface area contributed by atoms with Crippen molar-refractivity contribution < 1.29 is 13.2 Å². The van der Waals surface area contributed by atoms with E-state index in [0.29, 0.717) is 32.6 Å². The number of hydrogen-bond acceptors (Lipinski definition) is 5. The van der Waals surface area contributed by atoms with Crippen LogP contribution in [0.25, 0.3) is 0 Å². The lowest BCUT2D eigenvalue weighted by atomic mass is 10.3. The highest BCUT2D eigenvalue weighted by molar-refractivity contribution is 9.10. The van der Waals surface area contributed by atoms with Crippen LogP contribution in [-0.4, -0.2) is 61.9 Å². The molecule has 1 saturated heterocycles. The van der Waals surface area contributed by atoms with Gasteiger partial charge in [0.2, 0.25) is 5.91 Å². The van der Waals surface area contributed by atoms with Crippen LogP contribution in [0.15, 0.2) is 22.8 Å². The highest BCUT2D eigenvalue weighted by atomic mass is 79.9. The van der Waals surface area contributed by atoms with Gasteiger partial charge in [0.1, 0.15) is 11.6 Å². The van der Waals surface area contributed by atoms with Gasteiger partial charge >= 0.3 is 0 Å². The predicted molar refractivity (Wildman–Crippen MR) is 98.9 cm³/mol. The lowest BCUT2D eigenvalue weighted by molar-refractivity contribution is -0.128. The molecular weight excluding hydrogens is 394 g/mol. The van der Waals surface area contributed by atoms with Gasteiger partial charge in [0.15, 0.2) is 9.84 Å². The fourth-order valence-corrected chi connectivity index (χ4v) is 4.25. The number of aromatic nitrogens is 1. The van der Waals surface area contributed by atoms with Gasteiger partial charge < -0.3 is 9.80 Å². The first-order chi connectivity index (χ1) is 11.4. The summed E-state index contributed by atoms with van der Waals surface area (Å²) in [6.45, 7) is 4.41. The third kappa shape index (κ3) is 5.73. The molecule has 1 amide bonds. The van der Waals surface area contributed by atoms with Gasteiger partial charge in [-0.1, -0.05) is 19.8 Å². The number of anilines is 1. The average Bonchev–Trinajstić information content (AvgIpc) is 2.55. The minimum Gasteiger partial charge on any atom is -0.353 e. The van der Waals surface area contributed by atoms with Gasteiger partial charge in [0.05, 0.1) is 5.75 Å². The second-order valence-corrected chi connectivity index (χ2v) is 9.10. The zero-order valence-corrected chi connectivity index (χ0v) is 16.4. The van der Waals surface area contributed by atoms with Crippen molar-refractivity contribution in [1.29, 1.82) is 0 Å². The summed E-state index contributed by atoms with van der Waals surface area (Å²) in [5.41, 5.74) is 0. The SMILES string of the molecule is CCCCCS(=O)(=O)CC(=O)N1CCN(c2ccc(Br)cn2)CC1. The van der Waals surface area contributed by atoms with E-state index in [2.05, 4.69) is 25.8 Å². The molecule has 1 aliphatic heterocycles. The van der Waals surface area contributed by atoms with E-state index in [1.807, 2.05) is 19.1 Å². The standard InChI is InChI=1S/C16H24BrN3O3S/c1-2-3-4-11-24(22,23)13-16(21)20-9-7-19(8-10-20)15-6-5-14(17)12-18-15/h5-6,12H,2-4,7-11,13H2,1H3. The molecule has 24 heavy (non-hydrogen) atoms. The van der Waals surface area contributed by atoms with Gasteiger partial charge in [-0.05, 0) is 34.5 Å². The minimum absolute atomic E-state index is 0.107. The predicted octanol–water partition coefficient (Wildman–Crippen LogP) is 2.10. The Labute approximate surface area is 152 Å². The van der Waals surface area contributed by atoms with Crippen LogP contribution in [0, 0.1) is 0 Å². The summed E-state index contributed by atoms with van der Waals surface area (Å²) in [7, 11) is -3.30. The van der Waals surface area contributed by atoms with E-state index in [1.165, 1.54) is 0 Å². The second kappa shape index (κ2) is 8.80. The maximum Gasteiger partial charge on any atom is 0.237 e. The Morgan fingerprint density at radius 1 is 1.21 bits per heavy atom. The number of piperazine rings is 1. The van der Waals surface area contributed by atoms with E-state index in [1.54, 1.807) is 11.1 Å². The number of carbonyl (C=O) groups is 1. The Morgan fingerprint density at radius 2 is 1.92 bits per heavy atom. The quantitative estimate of drug-likeness (QED) is 0.635. The lowest BCUT2D eigenvalue weighted by Gasteiger charge is -2.35. The van der Waals surface area contributed by atoms with Crippen LogP contribution >= 0.6 is 15.9 Å². The number of nitrogens with zero attached hydrogens (tertiary/aromatic N) is 3. The normalized spacial score (nSPS) is 15.6. The molecule has 0 unspecified atom stereocenters. The number of unbranched alkanes of at least 4 members (excludes halogenated alkanes) is 2. The molecule has 8 heteroatoms. The molecule has 0 saturated carbocycles. The van der Waals surface area contributed by atoms with E-state index >= 15 is 0 Å². The molecule has 0 aromatic carbocycles. The molecule has 0 radical (unpaired) electrons. The summed E-state index contributed by atoms with van der Waals surface area (Å²) in [5.74, 6) is 0.329. The molecule has 1 aliphatic rings. The summed E-state index contributed by atoms with van der Waals surface area (Å²) >= 11 is 3.36. The third-order valence-corrected chi connectivity index (χ3v) is 6.14. The number of hydrogen-bond donors (Lipinski definition) is 0. The molecule has 0 spiro atoms. The first-order valence-corrected chi connectivity index (χ1v) is 10.9. The minimum atomic E-state index is -3.30. The molecule has 0 N–H and O–H groups in total. The maximum atomic E-state index is 12.2. The summed E-state index contributed by atoms with van der Waals surface area (Å²) in [6, 6.07) is 3.86. The van der Waals surface area contributed by atoms with Crippen molar-refractivity contribution in [2.24, 2.45) is 0 Å². The Hall–Kier alpha value is -1.15. The van der Waals surface area contributed by atoms with Gasteiger partial charge in [-0.15, -0.1) is 0 Å². The number of rotatable bonds is 7. The topological polar surface area (TPSA) is 70.6 Å². The van der Waals surface area contributed by atoms with E-state index in [9.17, 15) is 13.2 Å². The zero-order chi connectivity index (χ0) is 17.6. The Bertz CT molecular complexity index is 641. The van der Waals surface area contributed by atoms with Crippen LogP contribution in [0.3, 0.4) is 0 Å². The number of halogens is 1. The van der Waals surface area contributed by atoms with Crippen LogP contribution in [0.4, 0.5) is 5.82 Å². The Balaban J connectivity index is 1.83. The number of amides is 1. The molecule has 0 aliphatic carbocycles. The second-order valence-electron chi connectivity index (χ2n) is 6.00. The van der Waals surface area contributed by atoms with Gasteiger partial charge in [0, 0.05) is 36.8 Å². The smallest absolute Gasteiger partial charge is 0.237 e. The highest BCUT2D eigenvalue weighted by Crippen LogP contribution is 2.16. The van der Waals surface area contributed by atoms with Crippen LogP contribution in [-0.2, 0) is 14.6 Å². The molecular formula is C16H24BrN3O3S. The molecule has 2 heterocycles. The van der Waals surface area contributed by atoms with Crippen molar-refractivity contribution in [3.05, 3.63) is 22.8 Å². The van der Waals surface area contributed by atoms with Crippen molar-refractivity contribution in [2.75, 3.05) is 42.6 Å². The van der Waals surface area contributed by atoms with Crippen molar-refractivity contribution in [3.63, 3.8) is 0 Å². The average molecular weight is 418 g/mol. The molecule has 0 bridgehead atoms. The number of sulfone groups is 1. The molecule has 1 fully saturated rings. The summed E-state index contributed by atoms with van der Waals surface area (Å²) in [6.07, 6.45) is 4.23. The van der Waals surface area contributed by atoms with Gasteiger partial charge in [-0.25, -0.2) is 13.4 Å². The third-order valence-electron chi connectivity index (χ3n) is 4.07. The van der Waals surface area contributed by atoms with Crippen molar-refractivity contribution in [3.8, 4) is 0 Å². The number of carbonyl (C=O) groups excluding carboxylic acids is 1. The van der Waals surface area contributed by atoms with Crippen LogP contribution in [0.5, 0.6) is 0 Å². The maximum absolute atomic E-state index is 12.2. The number of pyridine rings is 1. The van der Waals surface area contributed by atoms with Crippen molar-refractivity contribution in [1.82, 2.24) is 9.88 Å². The van der Waals surface area contributed by atoms with Crippen molar-refractivity contribution >= 4 is 37.5 Å². The van der Waals surface area contributed by atoms with E-state index < -0.39 is 9.84 Å². The van der Waals surface area contributed by atoms with E-state index in [4.69, 9.17) is 0 Å². The first-order valence-electron chi connectivity index (χ1n) is 8.26. The summed E-state index contributed by atoms with van der Waals surface area (Å²) < 4.78 is 24.9. The van der Waals surface area contributed by atoms with E-state index in [-0.39, 0.29) is 17.4 Å². The highest BCUT2D eigenvalue weighted by Gasteiger charge is 2.25. The van der Waals surface area contributed by atoms with Crippen molar-refractivity contribution in [2.45, 2.75) is 26.2 Å². The molecule has 2 rings (SSSR count). The Morgan fingerprint density at radius 3 is 2.50 bits per heavy atom. The molecule has 1 aromatic heterocycles. The molecule has 6 nitrogen and oxygen atoms in total. The van der Waals surface area contributed by atoms with Crippen LogP contribution in [0.1, 0.15) is 26.2 Å². The Kier molecular flexibility index (Phi) is 7.03. The van der Waals surface area contributed by atoms with Crippen LogP contribution in [0.2, 0.25) is 0 Å². The summed E-state index contributed by atoms with van der Waals surface area (Å²) in [5, 5.41) is 0. The summed E-state index contributed by atoms with van der Waals surface area (Å²) in [4.78, 5) is 20.3. The molecule has 134 valence electrons. The zero-order valence-electron chi connectivity index (χ0n) is 13.9. The van der Waals surface area contributed by atoms with Gasteiger partial charge in [-0.3, -0.25) is 4.79 Å². The molecule has 0 atom stereocenters. The largest absolute Gasteiger partial charge is 0.353 e. The lowest BCUT2D eigenvalue weighted by Crippen LogP contribution is -2.50. The van der Waals surface area contributed by atoms with E-state index in [0.717, 1.165) is 23.1 Å². The van der Waals surface area contributed by atoms with Crippen LogP contribution < -0.4 is 4.90 Å². The fraction of sp³-hybridized carbons (Fsp3) is 0.625. The first kappa shape index (κ1) is 19.2. The molecule has 1 aromatic rings. The monoisotopic (exact) mass is 417 g/mol. The van der Waals surface area contributed by atoms with Gasteiger partial charge in [0.25, 0.3) is 0 Å².